The summed E-state index contributed by atoms with van der Waals surface area (Å²) in [7, 11) is 1.59. The molecule has 0 radical (unpaired) electrons. The predicted molar refractivity (Wildman–Crippen MR) is 123 cm³/mol. The van der Waals surface area contributed by atoms with Crippen LogP contribution in [-0.4, -0.2) is 30.8 Å². The van der Waals surface area contributed by atoms with Gasteiger partial charge in [0.25, 0.3) is 5.91 Å². The van der Waals surface area contributed by atoms with E-state index < -0.39 is 6.04 Å². The minimum absolute atomic E-state index is 0.0130. The van der Waals surface area contributed by atoms with Crippen molar-refractivity contribution in [1.29, 1.82) is 0 Å². The fourth-order valence-corrected chi connectivity index (χ4v) is 4.03. The van der Waals surface area contributed by atoms with E-state index in [2.05, 4.69) is 16.0 Å². The number of benzene rings is 1. The zero-order chi connectivity index (χ0) is 23.1. The molecule has 3 rings (SSSR count). The van der Waals surface area contributed by atoms with Gasteiger partial charge in [-0.2, -0.15) is 0 Å². The van der Waals surface area contributed by atoms with E-state index in [-0.39, 0.29) is 35.3 Å². The van der Waals surface area contributed by atoms with Gasteiger partial charge in [0, 0.05) is 25.1 Å². The molecule has 2 aromatic rings. The molecular weight excluding hydrogens is 406 g/mol. The molecule has 0 unspecified atom stereocenters. The average molecular weight is 440 g/mol. The number of rotatable bonds is 8. The van der Waals surface area contributed by atoms with Crippen molar-refractivity contribution < 1.29 is 18.8 Å². The van der Waals surface area contributed by atoms with Crippen molar-refractivity contribution in [3.8, 4) is 11.3 Å². The zero-order valence-corrected chi connectivity index (χ0v) is 19.1. The van der Waals surface area contributed by atoms with E-state index in [0.29, 0.717) is 12.3 Å². The van der Waals surface area contributed by atoms with E-state index >= 15 is 0 Å². The molecule has 0 bridgehead atoms. The molecule has 1 aliphatic rings. The van der Waals surface area contributed by atoms with Crippen LogP contribution in [0.4, 0.5) is 0 Å². The largest absolute Gasteiger partial charge is 0.451 e. The number of carbonyl (C=O) groups excluding carboxylic acids is 3. The summed E-state index contributed by atoms with van der Waals surface area (Å²) < 4.78 is 5.79. The Labute approximate surface area is 189 Å². The first-order valence-electron chi connectivity index (χ1n) is 11.4. The van der Waals surface area contributed by atoms with Crippen molar-refractivity contribution in [3.05, 3.63) is 47.7 Å². The lowest BCUT2D eigenvalue weighted by Gasteiger charge is -2.29. The summed E-state index contributed by atoms with van der Waals surface area (Å²) in [4.78, 5) is 36.9. The van der Waals surface area contributed by atoms with E-state index in [4.69, 9.17) is 4.42 Å². The molecule has 7 heteroatoms. The number of furan rings is 1. The lowest BCUT2D eigenvalue weighted by atomic mass is 9.83. The van der Waals surface area contributed by atoms with Crippen LogP contribution < -0.4 is 16.0 Å². The summed E-state index contributed by atoms with van der Waals surface area (Å²) in [5.41, 5.74) is 1.81. The molecule has 0 spiro atoms. The van der Waals surface area contributed by atoms with Gasteiger partial charge in [-0.05, 0) is 36.5 Å². The van der Waals surface area contributed by atoms with Crippen molar-refractivity contribution in [1.82, 2.24) is 16.0 Å². The van der Waals surface area contributed by atoms with Gasteiger partial charge in [0.15, 0.2) is 5.76 Å². The van der Waals surface area contributed by atoms with Crippen molar-refractivity contribution in [2.75, 3.05) is 7.05 Å². The first kappa shape index (κ1) is 23.6. The fraction of sp³-hybridized carbons (Fsp3) is 0.480. The second-order valence-electron chi connectivity index (χ2n) is 8.70. The van der Waals surface area contributed by atoms with Gasteiger partial charge >= 0.3 is 0 Å². The molecule has 0 saturated heterocycles. The molecule has 32 heavy (non-hydrogen) atoms. The van der Waals surface area contributed by atoms with Gasteiger partial charge in [0.2, 0.25) is 11.8 Å². The Hall–Kier alpha value is -3.09. The summed E-state index contributed by atoms with van der Waals surface area (Å²) in [6.45, 7) is 4.18. The molecule has 1 aromatic heterocycles. The lowest BCUT2D eigenvalue weighted by Crippen LogP contribution is -2.50. The minimum atomic E-state index is -0.554. The number of hydrogen-bond acceptors (Lipinski definition) is 4. The van der Waals surface area contributed by atoms with Crippen molar-refractivity contribution in [2.24, 2.45) is 11.8 Å². The SMILES string of the molecule is CNC(=O)[C@@H](NC(=O)c1ccc(-c2ccc(CNC(=O)C(C)C)cc2)o1)C1CCCCC1. The van der Waals surface area contributed by atoms with Crippen LogP contribution in [0.1, 0.15) is 62.1 Å². The third-order valence-corrected chi connectivity index (χ3v) is 6.00. The molecule has 7 nitrogen and oxygen atoms in total. The Balaban J connectivity index is 1.64. The van der Waals surface area contributed by atoms with E-state index in [9.17, 15) is 14.4 Å². The third kappa shape index (κ3) is 5.99. The van der Waals surface area contributed by atoms with Crippen LogP contribution in [0.3, 0.4) is 0 Å². The van der Waals surface area contributed by atoms with Crippen LogP contribution >= 0.6 is 0 Å². The average Bonchev–Trinajstić information content (AvgIpc) is 3.31. The first-order chi connectivity index (χ1) is 15.4. The molecular formula is C25H33N3O4. The highest BCUT2D eigenvalue weighted by atomic mass is 16.4. The van der Waals surface area contributed by atoms with Crippen molar-refractivity contribution >= 4 is 17.7 Å². The highest BCUT2D eigenvalue weighted by Gasteiger charge is 2.31. The number of hydrogen-bond donors (Lipinski definition) is 3. The molecule has 172 valence electrons. The van der Waals surface area contributed by atoms with E-state index in [0.717, 1.165) is 36.8 Å². The van der Waals surface area contributed by atoms with Crippen LogP contribution in [0.15, 0.2) is 40.8 Å². The van der Waals surface area contributed by atoms with Gasteiger partial charge in [0.05, 0.1) is 0 Å². The highest BCUT2D eigenvalue weighted by Crippen LogP contribution is 2.27. The van der Waals surface area contributed by atoms with Gasteiger partial charge in [-0.1, -0.05) is 57.4 Å². The van der Waals surface area contributed by atoms with Crippen molar-refractivity contribution in [2.45, 2.75) is 58.5 Å². The molecule has 3 N–H and O–H groups in total. The molecule has 1 atom stereocenters. The molecule has 1 heterocycles. The van der Waals surface area contributed by atoms with E-state index in [1.54, 1.807) is 19.2 Å². The third-order valence-electron chi connectivity index (χ3n) is 6.00. The topological polar surface area (TPSA) is 100 Å². The molecule has 1 fully saturated rings. The number of likely N-dealkylation sites (N-methyl/N-ethyl adjacent to an activating group) is 1. The van der Waals surface area contributed by atoms with Gasteiger partial charge < -0.3 is 20.4 Å². The molecule has 1 saturated carbocycles. The quantitative estimate of drug-likeness (QED) is 0.585. The monoisotopic (exact) mass is 439 g/mol. The van der Waals surface area contributed by atoms with Crippen LogP contribution in [0, 0.1) is 11.8 Å². The summed E-state index contributed by atoms with van der Waals surface area (Å²) in [6, 6.07) is 10.5. The number of carbonyl (C=O) groups is 3. The summed E-state index contributed by atoms with van der Waals surface area (Å²) >= 11 is 0. The summed E-state index contributed by atoms with van der Waals surface area (Å²) in [6.07, 6.45) is 5.21. The van der Waals surface area contributed by atoms with Crippen LogP contribution in [0.25, 0.3) is 11.3 Å². The maximum atomic E-state index is 12.8. The van der Waals surface area contributed by atoms with Crippen LogP contribution in [0.5, 0.6) is 0 Å². The Morgan fingerprint density at radius 2 is 1.66 bits per heavy atom. The highest BCUT2D eigenvalue weighted by molar-refractivity contribution is 5.96. The predicted octanol–water partition coefficient (Wildman–Crippen LogP) is 3.64. The van der Waals surface area contributed by atoms with E-state index in [1.807, 2.05) is 38.1 Å². The molecule has 1 aliphatic carbocycles. The Bertz CT molecular complexity index is 927. The van der Waals surface area contributed by atoms with Crippen molar-refractivity contribution in [3.63, 3.8) is 0 Å². The smallest absolute Gasteiger partial charge is 0.287 e. The normalized spacial score (nSPS) is 15.2. The summed E-state index contributed by atoms with van der Waals surface area (Å²) in [5, 5.41) is 8.44. The molecule has 0 aliphatic heterocycles. The zero-order valence-electron chi connectivity index (χ0n) is 19.1. The van der Waals surface area contributed by atoms with Crippen LogP contribution in [-0.2, 0) is 16.1 Å². The second-order valence-corrected chi connectivity index (χ2v) is 8.70. The molecule has 3 amide bonds. The first-order valence-corrected chi connectivity index (χ1v) is 11.4. The Morgan fingerprint density at radius 1 is 0.969 bits per heavy atom. The van der Waals surface area contributed by atoms with Gasteiger partial charge in [-0.15, -0.1) is 0 Å². The Kier molecular flexibility index (Phi) is 8.09. The fourth-order valence-electron chi connectivity index (χ4n) is 4.03. The second kappa shape index (κ2) is 11.0. The number of nitrogens with one attached hydrogen (secondary N) is 3. The maximum Gasteiger partial charge on any atom is 0.287 e. The van der Waals surface area contributed by atoms with Gasteiger partial charge in [0.1, 0.15) is 11.8 Å². The number of amides is 3. The molecule has 1 aromatic carbocycles. The minimum Gasteiger partial charge on any atom is -0.451 e. The van der Waals surface area contributed by atoms with E-state index in [1.165, 1.54) is 6.42 Å². The Morgan fingerprint density at radius 3 is 2.28 bits per heavy atom. The van der Waals surface area contributed by atoms with Gasteiger partial charge in [-0.25, -0.2) is 0 Å². The lowest BCUT2D eigenvalue weighted by molar-refractivity contribution is -0.124. The standard InChI is InChI=1S/C25H33N3O4/c1-16(2)23(29)27-15-17-9-11-18(12-10-17)20-13-14-21(32-20)24(30)28-22(25(31)26-3)19-7-5-4-6-8-19/h9-14,16,19,22H,4-8,15H2,1-3H3,(H,26,31)(H,27,29)(H,28,30)/t22-/m0/s1. The maximum absolute atomic E-state index is 12.8. The van der Waals surface area contributed by atoms with Crippen LogP contribution in [0.2, 0.25) is 0 Å². The van der Waals surface area contributed by atoms with Gasteiger partial charge in [-0.3, -0.25) is 14.4 Å². The summed E-state index contributed by atoms with van der Waals surface area (Å²) in [5.74, 6) is 0.300.